The minimum Gasteiger partial charge on any atom is -0.468 e. The van der Waals surface area contributed by atoms with Gasteiger partial charge in [0, 0.05) is 19.1 Å². The average Bonchev–Trinajstić information content (AvgIpc) is 3.18. The molecule has 20 heavy (non-hydrogen) atoms. The lowest BCUT2D eigenvalue weighted by atomic mass is 10.0. The third-order valence-corrected chi connectivity index (χ3v) is 4.59. The van der Waals surface area contributed by atoms with E-state index >= 15 is 0 Å². The SMILES string of the molecule is c1coc(C(CNCC2CCCCN2)N2CCCC2)c1. The molecule has 0 aliphatic carbocycles. The minimum absolute atomic E-state index is 0.399. The number of hydrogen-bond donors (Lipinski definition) is 2. The fraction of sp³-hybridized carbons (Fsp3) is 0.750. The first kappa shape index (κ1) is 14.1. The zero-order valence-electron chi connectivity index (χ0n) is 12.3. The van der Waals surface area contributed by atoms with Crippen LogP contribution in [-0.2, 0) is 0 Å². The van der Waals surface area contributed by atoms with E-state index in [4.69, 9.17) is 4.42 Å². The Labute approximate surface area is 121 Å². The summed E-state index contributed by atoms with van der Waals surface area (Å²) in [6, 6.07) is 5.17. The summed E-state index contributed by atoms with van der Waals surface area (Å²) in [7, 11) is 0. The highest BCUT2D eigenvalue weighted by molar-refractivity contribution is 5.06. The molecule has 3 rings (SSSR count). The van der Waals surface area contributed by atoms with Crippen LogP contribution in [0.2, 0.25) is 0 Å². The maximum atomic E-state index is 5.65. The fourth-order valence-corrected chi connectivity index (χ4v) is 3.44. The molecule has 0 radical (unpaired) electrons. The van der Waals surface area contributed by atoms with Crippen molar-refractivity contribution in [3.05, 3.63) is 24.2 Å². The summed E-state index contributed by atoms with van der Waals surface area (Å²) in [5, 5.41) is 7.25. The molecule has 3 heterocycles. The maximum Gasteiger partial charge on any atom is 0.122 e. The van der Waals surface area contributed by atoms with Gasteiger partial charge in [-0.1, -0.05) is 6.42 Å². The minimum atomic E-state index is 0.399. The largest absolute Gasteiger partial charge is 0.468 e. The second-order valence-electron chi connectivity index (χ2n) is 6.08. The predicted octanol–water partition coefficient (Wildman–Crippen LogP) is 2.15. The molecule has 0 spiro atoms. The molecular weight excluding hydrogens is 250 g/mol. The zero-order chi connectivity index (χ0) is 13.6. The molecule has 2 unspecified atom stereocenters. The molecule has 2 atom stereocenters. The van der Waals surface area contributed by atoms with Gasteiger partial charge in [0.1, 0.15) is 5.76 Å². The van der Waals surface area contributed by atoms with Crippen molar-refractivity contribution in [2.75, 3.05) is 32.7 Å². The number of likely N-dealkylation sites (tertiary alicyclic amines) is 1. The van der Waals surface area contributed by atoms with E-state index in [1.807, 2.05) is 6.07 Å². The highest BCUT2D eigenvalue weighted by Gasteiger charge is 2.25. The molecule has 2 N–H and O–H groups in total. The molecule has 2 saturated heterocycles. The van der Waals surface area contributed by atoms with E-state index in [0.29, 0.717) is 12.1 Å². The molecule has 0 bridgehead atoms. The number of rotatable bonds is 6. The molecule has 0 aromatic carbocycles. The number of nitrogens with zero attached hydrogens (tertiary/aromatic N) is 1. The van der Waals surface area contributed by atoms with Crippen LogP contribution in [0.5, 0.6) is 0 Å². The van der Waals surface area contributed by atoms with Crippen LogP contribution in [-0.4, -0.2) is 43.7 Å². The van der Waals surface area contributed by atoms with Gasteiger partial charge in [0.05, 0.1) is 12.3 Å². The summed E-state index contributed by atoms with van der Waals surface area (Å²) in [6.07, 6.45) is 8.44. The first-order chi connectivity index (χ1) is 9.93. The topological polar surface area (TPSA) is 40.4 Å². The first-order valence-electron chi connectivity index (χ1n) is 8.15. The Morgan fingerprint density at radius 2 is 2.20 bits per heavy atom. The molecule has 1 aromatic heterocycles. The van der Waals surface area contributed by atoms with Crippen molar-refractivity contribution in [2.24, 2.45) is 0 Å². The standard InChI is InChI=1S/C16H27N3O/c1-2-8-18-14(6-1)12-17-13-15(16-7-5-11-20-16)19-9-3-4-10-19/h5,7,11,14-15,17-18H,1-4,6,8-10,12-13H2. The lowest BCUT2D eigenvalue weighted by molar-refractivity contribution is 0.207. The van der Waals surface area contributed by atoms with E-state index in [1.165, 1.54) is 51.7 Å². The summed E-state index contributed by atoms with van der Waals surface area (Å²) < 4.78 is 5.65. The smallest absolute Gasteiger partial charge is 0.122 e. The molecule has 2 aliphatic rings. The van der Waals surface area contributed by atoms with E-state index in [-0.39, 0.29) is 0 Å². The quantitative estimate of drug-likeness (QED) is 0.836. The predicted molar refractivity (Wildman–Crippen MR) is 80.8 cm³/mol. The van der Waals surface area contributed by atoms with E-state index < -0.39 is 0 Å². The molecule has 0 saturated carbocycles. The van der Waals surface area contributed by atoms with Gasteiger partial charge in [-0.25, -0.2) is 0 Å². The summed E-state index contributed by atoms with van der Waals surface area (Å²) in [5.74, 6) is 1.11. The Kier molecular flexibility index (Phi) is 5.12. The molecule has 2 aliphatic heterocycles. The van der Waals surface area contributed by atoms with Gasteiger partial charge in [-0.3, -0.25) is 4.90 Å². The van der Waals surface area contributed by atoms with Crippen molar-refractivity contribution in [3.8, 4) is 0 Å². The first-order valence-corrected chi connectivity index (χ1v) is 8.15. The lowest BCUT2D eigenvalue weighted by Crippen LogP contribution is -2.44. The second kappa shape index (κ2) is 7.25. The monoisotopic (exact) mass is 277 g/mol. The fourth-order valence-electron chi connectivity index (χ4n) is 3.44. The average molecular weight is 277 g/mol. The van der Waals surface area contributed by atoms with Crippen LogP contribution in [0.25, 0.3) is 0 Å². The van der Waals surface area contributed by atoms with Crippen molar-refractivity contribution >= 4 is 0 Å². The third-order valence-electron chi connectivity index (χ3n) is 4.59. The van der Waals surface area contributed by atoms with Gasteiger partial charge >= 0.3 is 0 Å². The Morgan fingerprint density at radius 1 is 1.30 bits per heavy atom. The van der Waals surface area contributed by atoms with Gasteiger partial charge in [0.2, 0.25) is 0 Å². The molecular formula is C16H27N3O. The van der Waals surface area contributed by atoms with Gasteiger partial charge in [-0.05, 0) is 57.5 Å². The summed E-state index contributed by atoms with van der Waals surface area (Å²) in [5.41, 5.74) is 0. The number of piperidine rings is 1. The highest BCUT2D eigenvalue weighted by Crippen LogP contribution is 2.24. The molecule has 2 fully saturated rings. The second-order valence-corrected chi connectivity index (χ2v) is 6.08. The van der Waals surface area contributed by atoms with Crippen molar-refractivity contribution in [1.82, 2.24) is 15.5 Å². The van der Waals surface area contributed by atoms with Gasteiger partial charge in [-0.2, -0.15) is 0 Å². The van der Waals surface area contributed by atoms with Crippen LogP contribution < -0.4 is 10.6 Å². The van der Waals surface area contributed by atoms with Gasteiger partial charge in [-0.15, -0.1) is 0 Å². The van der Waals surface area contributed by atoms with Crippen molar-refractivity contribution in [3.63, 3.8) is 0 Å². The Balaban J connectivity index is 1.50. The summed E-state index contributed by atoms with van der Waals surface area (Å²) >= 11 is 0. The highest BCUT2D eigenvalue weighted by atomic mass is 16.3. The lowest BCUT2D eigenvalue weighted by Gasteiger charge is -2.28. The summed E-state index contributed by atoms with van der Waals surface area (Å²) in [6.45, 7) is 5.65. The summed E-state index contributed by atoms with van der Waals surface area (Å²) in [4.78, 5) is 2.56. The van der Waals surface area contributed by atoms with E-state index in [0.717, 1.165) is 18.8 Å². The van der Waals surface area contributed by atoms with Gasteiger partial charge in [0.15, 0.2) is 0 Å². The van der Waals surface area contributed by atoms with Gasteiger partial charge < -0.3 is 15.1 Å². The van der Waals surface area contributed by atoms with Gasteiger partial charge in [0.25, 0.3) is 0 Å². The van der Waals surface area contributed by atoms with Crippen LogP contribution in [0.3, 0.4) is 0 Å². The third kappa shape index (κ3) is 3.62. The number of nitrogens with one attached hydrogen (secondary N) is 2. The Bertz CT molecular complexity index is 367. The molecule has 112 valence electrons. The number of furan rings is 1. The Morgan fingerprint density at radius 3 is 2.90 bits per heavy atom. The van der Waals surface area contributed by atoms with E-state index in [9.17, 15) is 0 Å². The Hall–Kier alpha value is -0.840. The maximum absolute atomic E-state index is 5.65. The molecule has 0 amide bonds. The molecule has 4 nitrogen and oxygen atoms in total. The van der Waals surface area contributed by atoms with Crippen molar-refractivity contribution in [1.29, 1.82) is 0 Å². The van der Waals surface area contributed by atoms with E-state index in [2.05, 4.69) is 21.6 Å². The molecule has 4 heteroatoms. The van der Waals surface area contributed by atoms with Crippen LogP contribution in [0.1, 0.15) is 43.9 Å². The van der Waals surface area contributed by atoms with Crippen LogP contribution in [0, 0.1) is 0 Å². The van der Waals surface area contributed by atoms with E-state index in [1.54, 1.807) is 6.26 Å². The normalized spacial score (nSPS) is 25.9. The number of hydrogen-bond acceptors (Lipinski definition) is 4. The van der Waals surface area contributed by atoms with Crippen LogP contribution in [0.15, 0.2) is 22.8 Å². The van der Waals surface area contributed by atoms with Crippen molar-refractivity contribution in [2.45, 2.75) is 44.2 Å². The molecule has 1 aromatic rings. The van der Waals surface area contributed by atoms with Crippen molar-refractivity contribution < 1.29 is 4.42 Å². The van der Waals surface area contributed by atoms with Crippen LogP contribution >= 0.6 is 0 Å². The zero-order valence-corrected chi connectivity index (χ0v) is 12.3. The van der Waals surface area contributed by atoms with Crippen LogP contribution in [0.4, 0.5) is 0 Å².